The van der Waals surface area contributed by atoms with Crippen molar-refractivity contribution in [3.8, 4) is 11.5 Å². The summed E-state index contributed by atoms with van der Waals surface area (Å²) >= 11 is 0. The highest BCUT2D eigenvalue weighted by atomic mass is 16.5. The molecule has 30 heavy (non-hydrogen) atoms. The van der Waals surface area contributed by atoms with Gasteiger partial charge in [0.1, 0.15) is 11.5 Å². The molecule has 0 atom stereocenters. The lowest BCUT2D eigenvalue weighted by Crippen LogP contribution is -2.37. The van der Waals surface area contributed by atoms with Gasteiger partial charge in [-0.25, -0.2) is 0 Å². The van der Waals surface area contributed by atoms with Gasteiger partial charge in [-0.2, -0.15) is 0 Å². The van der Waals surface area contributed by atoms with Crippen LogP contribution in [0.5, 0.6) is 11.5 Å². The van der Waals surface area contributed by atoms with Crippen LogP contribution >= 0.6 is 0 Å². The third-order valence-corrected chi connectivity index (χ3v) is 5.73. The van der Waals surface area contributed by atoms with Gasteiger partial charge in [-0.05, 0) is 61.1 Å². The van der Waals surface area contributed by atoms with E-state index in [1.165, 1.54) is 5.56 Å². The summed E-state index contributed by atoms with van der Waals surface area (Å²) in [6.07, 6.45) is 3.04. The van der Waals surface area contributed by atoms with Crippen molar-refractivity contribution in [3.05, 3.63) is 59.2 Å². The number of carbonyl (C=O) groups is 2. The molecule has 0 unspecified atom stereocenters. The molecule has 2 aromatic rings. The van der Waals surface area contributed by atoms with E-state index in [-0.39, 0.29) is 11.8 Å². The minimum absolute atomic E-state index is 0.124. The smallest absolute Gasteiger partial charge is 0.251 e. The van der Waals surface area contributed by atoms with E-state index >= 15 is 0 Å². The average Bonchev–Trinajstić information content (AvgIpc) is 2.78. The number of benzene rings is 2. The monoisotopic (exact) mass is 410 g/mol. The molecule has 0 aliphatic carbocycles. The molecule has 1 aliphatic heterocycles. The summed E-state index contributed by atoms with van der Waals surface area (Å²) in [5, 5.41) is 2.95. The van der Waals surface area contributed by atoms with Crippen LogP contribution in [0.2, 0.25) is 0 Å². The fraction of sp³-hybridized carbons (Fsp3) is 0.417. The summed E-state index contributed by atoms with van der Waals surface area (Å²) in [7, 11) is 3.22. The minimum atomic E-state index is -0.124. The lowest BCUT2D eigenvalue weighted by atomic mass is 9.90. The molecule has 0 spiro atoms. The van der Waals surface area contributed by atoms with E-state index in [1.807, 2.05) is 47.4 Å². The Balaban J connectivity index is 1.54. The van der Waals surface area contributed by atoms with Gasteiger partial charge in [-0.3, -0.25) is 9.59 Å². The summed E-state index contributed by atoms with van der Waals surface area (Å²) in [6, 6.07) is 13.3. The Morgan fingerprint density at radius 2 is 1.73 bits per heavy atom. The van der Waals surface area contributed by atoms with Gasteiger partial charge in [0.05, 0.1) is 14.2 Å². The van der Waals surface area contributed by atoms with Crippen molar-refractivity contribution >= 4 is 11.8 Å². The highest BCUT2D eigenvalue weighted by Crippen LogP contribution is 2.24. The molecule has 0 saturated carbocycles. The van der Waals surface area contributed by atoms with E-state index in [0.717, 1.165) is 43.7 Å². The Kier molecular flexibility index (Phi) is 7.33. The average molecular weight is 411 g/mol. The van der Waals surface area contributed by atoms with Crippen LogP contribution in [-0.4, -0.2) is 44.0 Å². The number of likely N-dealkylation sites (tertiary alicyclic amines) is 1. The van der Waals surface area contributed by atoms with E-state index in [4.69, 9.17) is 9.47 Å². The number of amides is 2. The maximum Gasteiger partial charge on any atom is 0.251 e. The van der Waals surface area contributed by atoms with Crippen LogP contribution in [0.15, 0.2) is 42.5 Å². The minimum Gasteiger partial charge on any atom is -0.497 e. The Labute approximate surface area is 178 Å². The van der Waals surface area contributed by atoms with E-state index in [0.29, 0.717) is 23.8 Å². The first kappa shape index (κ1) is 21.7. The molecule has 0 radical (unpaired) electrons. The maximum atomic E-state index is 12.6. The summed E-state index contributed by atoms with van der Waals surface area (Å²) in [4.78, 5) is 25.9. The fourth-order valence-electron chi connectivity index (χ4n) is 3.88. The van der Waals surface area contributed by atoms with Crippen LogP contribution < -0.4 is 14.8 Å². The first-order valence-electron chi connectivity index (χ1n) is 10.3. The van der Waals surface area contributed by atoms with Crippen LogP contribution in [0.3, 0.4) is 0 Å². The number of methoxy groups -OCH3 is 2. The number of hydrogen-bond acceptors (Lipinski definition) is 4. The van der Waals surface area contributed by atoms with E-state index < -0.39 is 0 Å². The lowest BCUT2D eigenvalue weighted by molar-refractivity contribution is -0.130. The SMILES string of the molecule is COc1ccc(OC)c(CNC(=O)c2ccc(CC3CCN(C(C)=O)CC3)cc2)c1. The molecule has 6 nitrogen and oxygen atoms in total. The summed E-state index contributed by atoms with van der Waals surface area (Å²) < 4.78 is 10.6. The van der Waals surface area contributed by atoms with Crippen molar-refractivity contribution in [1.82, 2.24) is 10.2 Å². The number of piperidine rings is 1. The van der Waals surface area contributed by atoms with Crippen LogP contribution in [0, 0.1) is 5.92 Å². The Hall–Kier alpha value is -3.02. The van der Waals surface area contributed by atoms with E-state index in [1.54, 1.807) is 21.1 Å². The molecule has 0 bridgehead atoms. The molecule has 160 valence electrons. The zero-order valence-corrected chi connectivity index (χ0v) is 17.9. The maximum absolute atomic E-state index is 12.6. The molecule has 2 amide bonds. The summed E-state index contributed by atoms with van der Waals surface area (Å²) in [5.74, 6) is 2.05. The fourth-order valence-corrected chi connectivity index (χ4v) is 3.88. The highest BCUT2D eigenvalue weighted by molar-refractivity contribution is 5.94. The van der Waals surface area contributed by atoms with Crippen molar-refractivity contribution < 1.29 is 19.1 Å². The summed E-state index contributed by atoms with van der Waals surface area (Å²) in [5.41, 5.74) is 2.72. The van der Waals surface area contributed by atoms with Gasteiger partial charge in [0.15, 0.2) is 0 Å². The van der Waals surface area contributed by atoms with Gasteiger partial charge in [-0.15, -0.1) is 0 Å². The molecule has 1 aliphatic rings. The van der Waals surface area contributed by atoms with Crippen LogP contribution in [0.4, 0.5) is 0 Å². The molecule has 6 heteroatoms. The molecular weight excluding hydrogens is 380 g/mol. The van der Waals surface area contributed by atoms with Crippen molar-refractivity contribution in [2.24, 2.45) is 5.92 Å². The molecule has 1 N–H and O–H groups in total. The second-order valence-corrected chi connectivity index (χ2v) is 7.71. The van der Waals surface area contributed by atoms with Crippen LogP contribution in [-0.2, 0) is 17.8 Å². The lowest BCUT2D eigenvalue weighted by Gasteiger charge is -2.31. The zero-order valence-electron chi connectivity index (χ0n) is 17.9. The third kappa shape index (κ3) is 5.53. The van der Waals surface area contributed by atoms with Gasteiger partial charge < -0.3 is 19.7 Å². The molecule has 3 rings (SSSR count). The predicted molar refractivity (Wildman–Crippen MR) is 116 cm³/mol. The molecule has 1 heterocycles. The molecule has 1 saturated heterocycles. The van der Waals surface area contributed by atoms with Gasteiger partial charge in [-0.1, -0.05) is 12.1 Å². The predicted octanol–water partition coefficient (Wildman–Crippen LogP) is 3.43. The van der Waals surface area contributed by atoms with Crippen molar-refractivity contribution in [3.63, 3.8) is 0 Å². The first-order valence-corrected chi connectivity index (χ1v) is 10.3. The number of nitrogens with one attached hydrogen (secondary N) is 1. The van der Waals surface area contributed by atoms with E-state index in [9.17, 15) is 9.59 Å². The molecular formula is C24H30N2O4. The van der Waals surface area contributed by atoms with E-state index in [2.05, 4.69) is 5.32 Å². The zero-order chi connectivity index (χ0) is 21.5. The highest BCUT2D eigenvalue weighted by Gasteiger charge is 2.21. The number of rotatable bonds is 7. The van der Waals surface area contributed by atoms with Gasteiger partial charge >= 0.3 is 0 Å². The number of hydrogen-bond donors (Lipinski definition) is 1. The van der Waals surface area contributed by atoms with Gasteiger partial charge in [0, 0.05) is 37.7 Å². The number of nitrogens with zero attached hydrogens (tertiary/aromatic N) is 1. The van der Waals surface area contributed by atoms with Crippen molar-refractivity contribution in [2.75, 3.05) is 27.3 Å². The topological polar surface area (TPSA) is 67.9 Å². The third-order valence-electron chi connectivity index (χ3n) is 5.73. The second-order valence-electron chi connectivity index (χ2n) is 7.71. The number of ether oxygens (including phenoxy) is 2. The Morgan fingerprint density at radius 1 is 1.03 bits per heavy atom. The molecule has 1 fully saturated rings. The normalized spacial score (nSPS) is 14.3. The largest absolute Gasteiger partial charge is 0.497 e. The van der Waals surface area contributed by atoms with Crippen molar-refractivity contribution in [1.29, 1.82) is 0 Å². The molecule has 2 aromatic carbocycles. The van der Waals surface area contributed by atoms with Gasteiger partial charge in [0.25, 0.3) is 5.91 Å². The second kappa shape index (κ2) is 10.1. The summed E-state index contributed by atoms with van der Waals surface area (Å²) in [6.45, 7) is 3.67. The van der Waals surface area contributed by atoms with Crippen LogP contribution in [0.1, 0.15) is 41.3 Å². The van der Waals surface area contributed by atoms with Crippen LogP contribution in [0.25, 0.3) is 0 Å². The quantitative estimate of drug-likeness (QED) is 0.759. The first-order chi connectivity index (χ1) is 14.5. The molecule has 0 aromatic heterocycles. The Morgan fingerprint density at radius 3 is 2.33 bits per heavy atom. The van der Waals surface area contributed by atoms with Gasteiger partial charge in [0.2, 0.25) is 5.91 Å². The van der Waals surface area contributed by atoms with Crippen molar-refractivity contribution in [2.45, 2.75) is 32.7 Å². The number of carbonyl (C=O) groups excluding carboxylic acids is 2. The standard InChI is InChI=1S/C24H30N2O4/c1-17(27)26-12-10-19(11-13-26)14-18-4-6-20(7-5-18)24(28)25-16-21-15-22(29-2)8-9-23(21)30-3/h4-9,15,19H,10-14,16H2,1-3H3,(H,25,28). The Bertz CT molecular complexity index is 871.